The fourth-order valence-corrected chi connectivity index (χ4v) is 9.10. The highest BCUT2D eigenvalue weighted by atomic mass is 32.1. The summed E-state index contributed by atoms with van der Waals surface area (Å²) in [6.45, 7) is 0. The van der Waals surface area contributed by atoms with Crippen LogP contribution in [-0.2, 0) is 0 Å². The lowest BCUT2D eigenvalue weighted by Crippen LogP contribution is -2.01. The molecule has 232 valence electrons. The number of hydrogen-bond acceptors (Lipinski definition) is 3. The van der Waals surface area contributed by atoms with E-state index in [1.807, 2.05) is 0 Å². The van der Waals surface area contributed by atoms with Crippen LogP contribution < -0.4 is 0 Å². The van der Waals surface area contributed by atoms with Gasteiger partial charge in [-0.1, -0.05) is 146 Å². The third-order valence-corrected chi connectivity index (χ3v) is 11.4. The molecule has 0 aliphatic heterocycles. The van der Waals surface area contributed by atoms with Crippen molar-refractivity contribution < 1.29 is 0 Å². The van der Waals surface area contributed by atoms with E-state index in [0.717, 1.165) is 43.8 Å². The SMILES string of the molecule is c1ccc(-c2ccc(-c3nc(-n4c5ccccc5c5c6c7ccccc7c7ccccc7c6ccc54)c4sc5ccccc5c4n3)cc2)cc1. The van der Waals surface area contributed by atoms with Crippen molar-refractivity contribution in [3.63, 3.8) is 0 Å². The molecule has 0 atom stereocenters. The van der Waals surface area contributed by atoms with Gasteiger partial charge in [0, 0.05) is 31.8 Å². The summed E-state index contributed by atoms with van der Waals surface area (Å²) in [5.74, 6) is 1.63. The van der Waals surface area contributed by atoms with E-state index in [9.17, 15) is 0 Å². The first-order chi connectivity index (χ1) is 24.8. The molecular formula is C46H27N3S. The first-order valence-corrected chi connectivity index (χ1v) is 17.7. The second-order valence-electron chi connectivity index (χ2n) is 12.9. The Hall–Kier alpha value is -6.36. The average molecular weight is 654 g/mol. The topological polar surface area (TPSA) is 30.7 Å². The molecule has 0 aliphatic rings. The summed E-state index contributed by atoms with van der Waals surface area (Å²) in [5, 5.41) is 11.3. The molecule has 0 fully saturated rings. The van der Waals surface area contributed by atoms with E-state index >= 15 is 0 Å². The maximum atomic E-state index is 5.47. The molecule has 3 aromatic heterocycles. The maximum absolute atomic E-state index is 5.47. The quantitative estimate of drug-likeness (QED) is 0.178. The van der Waals surface area contributed by atoms with E-state index in [-0.39, 0.29) is 0 Å². The predicted molar refractivity (Wildman–Crippen MR) is 213 cm³/mol. The smallest absolute Gasteiger partial charge is 0.162 e. The number of benzene rings is 8. The Morgan fingerprint density at radius 1 is 0.380 bits per heavy atom. The summed E-state index contributed by atoms with van der Waals surface area (Å²) in [7, 11) is 0. The number of para-hydroxylation sites is 1. The van der Waals surface area contributed by atoms with Crippen molar-refractivity contribution in [3.8, 4) is 28.3 Å². The zero-order chi connectivity index (χ0) is 32.8. The van der Waals surface area contributed by atoms with Gasteiger partial charge in [0.2, 0.25) is 0 Å². The number of hydrogen-bond donors (Lipinski definition) is 0. The van der Waals surface area contributed by atoms with Crippen LogP contribution in [0.25, 0.3) is 103 Å². The van der Waals surface area contributed by atoms with Crippen molar-refractivity contribution >= 4 is 85.8 Å². The summed E-state index contributed by atoms with van der Waals surface area (Å²) in [6, 6.07) is 58.8. The lowest BCUT2D eigenvalue weighted by atomic mass is 9.92. The molecule has 11 aromatic rings. The fraction of sp³-hybridized carbons (Fsp3) is 0. The minimum Gasteiger partial charge on any atom is -0.292 e. The van der Waals surface area contributed by atoms with Gasteiger partial charge in [0.25, 0.3) is 0 Å². The van der Waals surface area contributed by atoms with Gasteiger partial charge in [-0.3, -0.25) is 4.57 Å². The summed E-state index contributed by atoms with van der Waals surface area (Å²) >= 11 is 1.77. The first kappa shape index (κ1) is 27.6. The van der Waals surface area contributed by atoms with Crippen LogP contribution in [-0.4, -0.2) is 14.5 Å². The van der Waals surface area contributed by atoms with Gasteiger partial charge < -0.3 is 0 Å². The van der Waals surface area contributed by atoms with Crippen molar-refractivity contribution in [2.75, 3.05) is 0 Å². The van der Waals surface area contributed by atoms with E-state index in [1.165, 1.54) is 58.9 Å². The molecule has 0 radical (unpaired) electrons. The van der Waals surface area contributed by atoms with Crippen molar-refractivity contribution in [1.82, 2.24) is 14.5 Å². The Morgan fingerprint density at radius 2 is 0.940 bits per heavy atom. The van der Waals surface area contributed by atoms with Crippen LogP contribution in [0.4, 0.5) is 0 Å². The zero-order valence-electron chi connectivity index (χ0n) is 26.8. The number of thiophene rings is 1. The second-order valence-corrected chi connectivity index (χ2v) is 14.0. The summed E-state index contributed by atoms with van der Waals surface area (Å²) in [6.07, 6.45) is 0. The number of rotatable bonds is 3. The van der Waals surface area contributed by atoms with Crippen LogP contribution in [0.3, 0.4) is 0 Å². The molecule has 0 unspecified atom stereocenters. The minimum absolute atomic E-state index is 0.721. The lowest BCUT2D eigenvalue weighted by molar-refractivity contribution is 1.08. The Labute approximate surface area is 291 Å². The van der Waals surface area contributed by atoms with E-state index < -0.39 is 0 Å². The summed E-state index contributed by atoms with van der Waals surface area (Å²) < 4.78 is 4.68. The molecule has 0 amide bonds. The molecule has 0 bridgehead atoms. The molecule has 50 heavy (non-hydrogen) atoms. The molecule has 8 aromatic carbocycles. The molecule has 0 spiro atoms. The highest BCUT2D eigenvalue weighted by Gasteiger charge is 2.23. The van der Waals surface area contributed by atoms with Crippen LogP contribution in [0.15, 0.2) is 164 Å². The van der Waals surface area contributed by atoms with Crippen LogP contribution >= 0.6 is 11.3 Å². The number of nitrogens with zero attached hydrogens (tertiary/aromatic N) is 3. The molecule has 0 aliphatic carbocycles. The molecule has 0 N–H and O–H groups in total. The van der Waals surface area contributed by atoms with Crippen LogP contribution in [0.5, 0.6) is 0 Å². The minimum atomic E-state index is 0.721. The van der Waals surface area contributed by atoms with Crippen molar-refractivity contribution in [3.05, 3.63) is 164 Å². The summed E-state index contributed by atoms with van der Waals surface area (Å²) in [5.41, 5.74) is 6.62. The molecular weight excluding hydrogens is 627 g/mol. The number of aromatic nitrogens is 3. The van der Waals surface area contributed by atoms with Gasteiger partial charge in [-0.2, -0.15) is 0 Å². The van der Waals surface area contributed by atoms with Gasteiger partial charge in [0.15, 0.2) is 11.6 Å². The average Bonchev–Trinajstić information content (AvgIpc) is 3.74. The van der Waals surface area contributed by atoms with Gasteiger partial charge in [0.1, 0.15) is 0 Å². The maximum Gasteiger partial charge on any atom is 0.162 e. The molecule has 11 rings (SSSR count). The predicted octanol–water partition coefficient (Wildman–Crippen LogP) is 12.7. The van der Waals surface area contributed by atoms with Gasteiger partial charge >= 0.3 is 0 Å². The Balaban J connectivity index is 1.26. The van der Waals surface area contributed by atoms with E-state index in [2.05, 4.69) is 168 Å². The van der Waals surface area contributed by atoms with E-state index in [4.69, 9.17) is 9.97 Å². The van der Waals surface area contributed by atoms with Gasteiger partial charge in [-0.25, -0.2) is 9.97 Å². The van der Waals surface area contributed by atoms with Crippen molar-refractivity contribution in [2.45, 2.75) is 0 Å². The zero-order valence-corrected chi connectivity index (χ0v) is 27.7. The van der Waals surface area contributed by atoms with Gasteiger partial charge in [-0.05, 0) is 56.3 Å². The highest BCUT2D eigenvalue weighted by Crippen LogP contribution is 2.45. The van der Waals surface area contributed by atoms with Crippen molar-refractivity contribution in [2.24, 2.45) is 0 Å². The second kappa shape index (κ2) is 10.6. The van der Waals surface area contributed by atoms with E-state index in [1.54, 1.807) is 11.3 Å². The Morgan fingerprint density at radius 3 is 1.70 bits per heavy atom. The first-order valence-electron chi connectivity index (χ1n) is 16.9. The monoisotopic (exact) mass is 653 g/mol. The molecule has 0 saturated heterocycles. The largest absolute Gasteiger partial charge is 0.292 e. The molecule has 0 saturated carbocycles. The summed E-state index contributed by atoms with van der Waals surface area (Å²) in [4.78, 5) is 10.7. The standard InChI is InChI=1S/C46H27N3S/c1-2-12-28(13-3-1)29-22-24-30(25-23-29)45-47-43-37-19-9-11-21-40(37)50-44(43)46(48-45)49-38-20-10-8-18-36(38)42-39(49)27-26-35-33-16-5-4-14-31(33)32-15-6-7-17-34(32)41(35)42/h1-27H. The third kappa shape index (κ3) is 3.91. The van der Waals surface area contributed by atoms with Crippen LogP contribution in [0.1, 0.15) is 0 Å². The number of fused-ring (bicyclic) bond motifs is 13. The molecule has 3 nitrogen and oxygen atoms in total. The van der Waals surface area contributed by atoms with Crippen LogP contribution in [0.2, 0.25) is 0 Å². The molecule has 4 heteroatoms. The fourth-order valence-electron chi connectivity index (χ4n) is 7.98. The van der Waals surface area contributed by atoms with Gasteiger partial charge in [-0.15, -0.1) is 11.3 Å². The van der Waals surface area contributed by atoms with E-state index in [0.29, 0.717) is 0 Å². The molecule has 3 heterocycles. The Kier molecular flexibility index (Phi) is 5.83. The van der Waals surface area contributed by atoms with Crippen molar-refractivity contribution in [1.29, 1.82) is 0 Å². The van der Waals surface area contributed by atoms with Gasteiger partial charge in [0.05, 0.1) is 21.3 Å². The third-order valence-electron chi connectivity index (χ3n) is 10.2. The Bertz CT molecular complexity index is 3100. The normalized spacial score (nSPS) is 12.0. The highest BCUT2D eigenvalue weighted by molar-refractivity contribution is 7.26. The lowest BCUT2D eigenvalue weighted by Gasteiger charge is -2.13. The van der Waals surface area contributed by atoms with Crippen LogP contribution in [0, 0.1) is 0 Å².